The fourth-order valence-corrected chi connectivity index (χ4v) is 1.56. The van der Waals surface area contributed by atoms with Crippen molar-refractivity contribution in [3.63, 3.8) is 0 Å². The van der Waals surface area contributed by atoms with Gasteiger partial charge >= 0.3 is 6.18 Å². The van der Waals surface area contributed by atoms with E-state index < -0.39 is 11.9 Å². The Morgan fingerprint density at radius 3 is 2.63 bits per heavy atom. The highest BCUT2D eigenvalue weighted by molar-refractivity contribution is 5.38. The average Bonchev–Trinajstić information content (AvgIpc) is 2.75. The molecule has 0 aromatic carbocycles. The van der Waals surface area contributed by atoms with Crippen LogP contribution in [0.2, 0.25) is 0 Å². The Balaban J connectivity index is 2.39. The molecule has 0 saturated carbocycles. The zero-order valence-corrected chi connectivity index (χ0v) is 10.3. The van der Waals surface area contributed by atoms with Crippen LogP contribution in [0.15, 0.2) is 30.9 Å². The largest absolute Gasteiger partial charge is 0.474 e. The van der Waals surface area contributed by atoms with E-state index in [0.29, 0.717) is 0 Å². The minimum atomic E-state index is -4.51. The molecule has 0 amide bonds. The molecule has 4 nitrogen and oxygen atoms in total. The van der Waals surface area contributed by atoms with Gasteiger partial charge in [-0.15, -0.1) is 0 Å². The molecule has 0 atom stereocenters. The molecule has 0 spiro atoms. The van der Waals surface area contributed by atoms with Gasteiger partial charge in [-0.3, -0.25) is 0 Å². The van der Waals surface area contributed by atoms with Crippen molar-refractivity contribution in [3.05, 3.63) is 36.5 Å². The lowest BCUT2D eigenvalue weighted by molar-refractivity contribution is -0.141. The maximum absolute atomic E-state index is 12.8. The van der Waals surface area contributed by atoms with E-state index in [4.69, 9.17) is 4.74 Å². The first-order valence-electron chi connectivity index (χ1n) is 5.61. The monoisotopic (exact) mass is 271 g/mol. The van der Waals surface area contributed by atoms with Gasteiger partial charge in [-0.25, -0.2) is 9.97 Å². The molecule has 7 heteroatoms. The summed E-state index contributed by atoms with van der Waals surface area (Å²) in [6.07, 6.45) is -0.843. The summed E-state index contributed by atoms with van der Waals surface area (Å²) in [6, 6.07) is 2.77. The molecular formula is C12H12F3N3O. The van der Waals surface area contributed by atoms with Crippen molar-refractivity contribution in [1.29, 1.82) is 0 Å². The van der Waals surface area contributed by atoms with E-state index in [-0.39, 0.29) is 17.7 Å². The van der Waals surface area contributed by atoms with E-state index in [2.05, 4.69) is 9.97 Å². The number of aromatic nitrogens is 3. The van der Waals surface area contributed by atoms with Gasteiger partial charge in [0.1, 0.15) is 6.33 Å². The summed E-state index contributed by atoms with van der Waals surface area (Å²) in [4.78, 5) is 7.28. The molecular weight excluding hydrogens is 259 g/mol. The van der Waals surface area contributed by atoms with E-state index in [1.54, 1.807) is 0 Å². The van der Waals surface area contributed by atoms with Crippen LogP contribution in [0.4, 0.5) is 13.2 Å². The van der Waals surface area contributed by atoms with E-state index >= 15 is 0 Å². The summed E-state index contributed by atoms with van der Waals surface area (Å²) >= 11 is 0. The third-order valence-corrected chi connectivity index (χ3v) is 2.25. The highest BCUT2D eigenvalue weighted by atomic mass is 19.4. The molecule has 0 unspecified atom stereocenters. The second kappa shape index (κ2) is 4.91. The van der Waals surface area contributed by atoms with Crippen LogP contribution in [-0.4, -0.2) is 20.6 Å². The second-order valence-corrected chi connectivity index (χ2v) is 4.15. The van der Waals surface area contributed by atoms with Crippen molar-refractivity contribution in [1.82, 2.24) is 14.5 Å². The minimum absolute atomic E-state index is 0.0823. The van der Waals surface area contributed by atoms with Crippen molar-refractivity contribution < 1.29 is 17.9 Å². The standard InChI is InChI=1S/C12H12F3N3O/c1-8(2)19-10-6-18(7-17-10)9-4-3-5-16-11(9)12(13,14)15/h3-8H,1-2H3. The molecule has 0 N–H and O–H groups in total. The molecule has 0 radical (unpaired) electrons. The molecule has 2 aromatic rings. The molecule has 0 aliphatic rings. The topological polar surface area (TPSA) is 39.9 Å². The number of imidazole rings is 1. The van der Waals surface area contributed by atoms with Crippen LogP contribution < -0.4 is 4.74 Å². The van der Waals surface area contributed by atoms with Crippen LogP contribution in [0.25, 0.3) is 5.69 Å². The lowest BCUT2D eigenvalue weighted by Gasteiger charge is -2.11. The molecule has 19 heavy (non-hydrogen) atoms. The quantitative estimate of drug-likeness (QED) is 0.861. The maximum atomic E-state index is 12.8. The summed E-state index contributed by atoms with van der Waals surface area (Å²) < 4.78 is 45.0. The highest BCUT2D eigenvalue weighted by Gasteiger charge is 2.35. The SMILES string of the molecule is CC(C)Oc1cn(-c2cccnc2C(F)(F)F)cn1. The first kappa shape index (κ1) is 13.4. The van der Waals surface area contributed by atoms with Crippen LogP contribution in [0.5, 0.6) is 5.88 Å². The number of ether oxygens (including phenoxy) is 1. The van der Waals surface area contributed by atoms with Crippen LogP contribution in [0.3, 0.4) is 0 Å². The van der Waals surface area contributed by atoms with Crippen molar-refractivity contribution in [2.24, 2.45) is 0 Å². The molecule has 0 bridgehead atoms. The minimum Gasteiger partial charge on any atom is -0.474 e. The number of nitrogens with zero attached hydrogens (tertiary/aromatic N) is 3. The maximum Gasteiger partial charge on any atom is 0.435 e. The number of pyridine rings is 1. The predicted octanol–water partition coefficient (Wildman–Crippen LogP) is 3.07. The van der Waals surface area contributed by atoms with Crippen LogP contribution in [0.1, 0.15) is 19.5 Å². The summed E-state index contributed by atoms with van der Waals surface area (Å²) in [5.74, 6) is 0.270. The Labute approximate surface area is 107 Å². The number of hydrogen-bond donors (Lipinski definition) is 0. The number of hydrogen-bond acceptors (Lipinski definition) is 3. The van der Waals surface area contributed by atoms with Crippen LogP contribution >= 0.6 is 0 Å². The second-order valence-electron chi connectivity index (χ2n) is 4.15. The van der Waals surface area contributed by atoms with Gasteiger partial charge in [-0.2, -0.15) is 13.2 Å². The average molecular weight is 271 g/mol. The molecule has 2 aromatic heterocycles. The van der Waals surface area contributed by atoms with Gasteiger partial charge in [0.25, 0.3) is 0 Å². The molecule has 0 aliphatic heterocycles. The third-order valence-electron chi connectivity index (χ3n) is 2.25. The molecule has 0 aliphatic carbocycles. The van der Waals surface area contributed by atoms with E-state index in [9.17, 15) is 13.2 Å². The zero-order chi connectivity index (χ0) is 14.0. The first-order valence-corrected chi connectivity index (χ1v) is 5.61. The van der Waals surface area contributed by atoms with E-state index in [0.717, 1.165) is 6.20 Å². The molecule has 102 valence electrons. The summed E-state index contributed by atoms with van der Waals surface area (Å²) in [7, 11) is 0. The van der Waals surface area contributed by atoms with Gasteiger partial charge in [0.15, 0.2) is 5.69 Å². The van der Waals surface area contributed by atoms with Gasteiger partial charge in [0, 0.05) is 6.20 Å². The lowest BCUT2D eigenvalue weighted by Crippen LogP contribution is -2.12. The smallest absolute Gasteiger partial charge is 0.435 e. The molecule has 2 rings (SSSR count). The van der Waals surface area contributed by atoms with Gasteiger partial charge < -0.3 is 9.30 Å². The Hall–Kier alpha value is -2.05. The van der Waals surface area contributed by atoms with Gasteiger partial charge in [-0.1, -0.05) is 0 Å². The van der Waals surface area contributed by atoms with Gasteiger partial charge in [0.2, 0.25) is 5.88 Å². The van der Waals surface area contributed by atoms with Gasteiger partial charge in [0.05, 0.1) is 18.0 Å². The van der Waals surface area contributed by atoms with Crippen molar-refractivity contribution in [3.8, 4) is 11.6 Å². The third kappa shape index (κ3) is 3.04. The summed E-state index contributed by atoms with van der Waals surface area (Å²) in [6.45, 7) is 3.62. The van der Waals surface area contributed by atoms with Crippen molar-refractivity contribution in [2.45, 2.75) is 26.1 Å². The number of halogens is 3. The van der Waals surface area contributed by atoms with Crippen LogP contribution in [-0.2, 0) is 6.18 Å². The Morgan fingerprint density at radius 2 is 2.00 bits per heavy atom. The molecule has 0 saturated heterocycles. The highest BCUT2D eigenvalue weighted by Crippen LogP contribution is 2.32. The van der Waals surface area contributed by atoms with E-state index in [1.165, 1.54) is 29.2 Å². The summed E-state index contributed by atoms with van der Waals surface area (Å²) in [5.41, 5.74) is -1.04. The van der Waals surface area contributed by atoms with Crippen molar-refractivity contribution >= 4 is 0 Å². The lowest BCUT2D eigenvalue weighted by atomic mass is 10.3. The number of alkyl halides is 3. The van der Waals surface area contributed by atoms with Gasteiger partial charge in [-0.05, 0) is 26.0 Å². The Kier molecular flexibility index (Phi) is 3.46. The normalized spacial score (nSPS) is 11.9. The summed E-state index contributed by atoms with van der Waals surface area (Å²) in [5, 5.41) is 0. The fourth-order valence-electron chi connectivity index (χ4n) is 1.56. The molecule has 0 fully saturated rings. The Bertz CT molecular complexity index is 563. The Morgan fingerprint density at radius 1 is 1.26 bits per heavy atom. The van der Waals surface area contributed by atoms with Crippen molar-refractivity contribution in [2.75, 3.05) is 0 Å². The fraction of sp³-hybridized carbons (Fsp3) is 0.333. The van der Waals surface area contributed by atoms with E-state index in [1.807, 2.05) is 13.8 Å². The number of rotatable bonds is 3. The zero-order valence-electron chi connectivity index (χ0n) is 10.3. The first-order chi connectivity index (χ1) is 8.88. The molecule has 2 heterocycles. The predicted molar refractivity (Wildman–Crippen MR) is 62.1 cm³/mol. The van der Waals surface area contributed by atoms with Crippen LogP contribution in [0, 0.1) is 0 Å².